The maximum Gasteiger partial charge on any atom is 0.340 e. The third kappa shape index (κ3) is 6.29. The molecule has 0 spiro atoms. The van der Waals surface area contributed by atoms with Crippen LogP contribution in [0.15, 0.2) is 47.4 Å². The zero-order valence-corrected chi connectivity index (χ0v) is 19.2. The number of morpholine rings is 1. The highest BCUT2D eigenvalue weighted by atomic mass is 35.5. The summed E-state index contributed by atoms with van der Waals surface area (Å²) in [5.41, 5.74) is 5.45. The van der Waals surface area contributed by atoms with Crippen LogP contribution in [0.25, 0.3) is 0 Å². The van der Waals surface area contributed by atoms with E-state index >= 15 is 0 Å². The molecule has 0 saturated carbocycles. The van der Waals surface area contributed by atoms with Crippen LogP contribution >= 0.6 is 11.6 Å². The van der Waals surface area contributed by atoms with Crippen molar-refractivity contribution in [3.63, 3.8) is 0 Å². The Morgan fingerprint density at radius 1 is 1.06 bits per heavy atom. The number of rotatable bonds is 6. The zero-order valence-electron chi connectivity index (χ0n) is 17.7. The number of carbonyl (C=O) groups excluding carboxylic acids is 3. The van der Waals surface area contributed by atoms with Crippen molar-refractivity contribution in [1.29, 1.82) is 0 Å². The number of hydrogen-bond acceptors (Lipinski definition) is 7. The van der Waals surface area contributed by atoms with E-state index in [0.717, 1.165) is 11.6 Å². The molecule has 0 unspecified atom stereocenters. The summed E-state index contributed by atoms with van der Waals surface area (Å²) in [5.74, 6) is -2.32. The molecule has 0 atom stereocenters. The minimum Gasteiger partial charge on any atom is -0.452 e. The second-order valence-electron chi connectivity index (χ2n) is 7.10. The molecular weight excluding hydrogens is 474 g/mol. The second-order valence-corrected chi connectivity index (χ2v) is 9.45. The molecule has 2 amide bonds. The van der Waals surface area contributed by atoms with Crippen LogP contribution in [0.1, 0.15) is 26.3 Å². The molecule has 2 N–H and O–H groups in total. The smallest absolute Gasteiger partial charge is 0.340 e. The molecule has 10 nitrogen and oxygen atoms in total. The van der Waals surface area contributed by atoms with Crippen LogP contribution in [0.2, 0.25) is 5.02 Å². The Hall–Kier alpha value is -2.99. The van der Waals surface area contributed by atoms with E-state index in [4.69, 9.17) is 21.1 Å². The van der Waals surface area contributed by atoms with Crippen LogP contribution < -0.4 is 10.9 Å². The Morgan fingerprint density at radius 2 is 1.73 bits per heavy atom. The van der Waals surface area contributed by atoms with Crippen molar-refractivity contribution in [2.24, 2.45) is 0 Å². The lowest BCUT2D eigenvalue weighted by Gasteiger charge is -2.26. The molecule has 33 heavy (non-hydrogen) atoms. The van der Waals surface area contributed by atoms with E-state index in [1.807, 2.05) is 6.92 Å². The Labute approximate surface area is 195 Å². The van der Waals surface area contributed by atoms with Crippen LogP contribution in [-0.4, -0.2) is 63.4 Å². The molecule has 176 valence electrons. The highest BCUT2D eigenvalue weighted by molar-refractivity contribution is 7.89. The van der Waals surface area contributed by atoms with Crippen molar-refractivity contribution in [1.82, 2.24) is 15.2 Å². The molecule has 0 bridgehead atoms. The van der Waals surface area contributed by atoms with Crippen molar-refractivity contribution in [3.05, 3.63) is 64.2 Å². The molecule has 1 heterocycles. The van der Waals surface area contributed by atoms with Gasteiger partial charge in [0, 0.05) is 18.7 Å². The maximum absolute atomic E-state index is 12.8. The number of hydrazine groups is 1. The summed E-state index contributed by atoms with van der Waals surface area (Å²) in [7, 11) is -3.85. The Balaban J connectivity index is 1.58. The third-order valence-electron chi connectivity index (χ3n) is 4.73. The van der Waals surface area contributed by atoms with Gasteiger partial charge in [-0.25, -0.2) is 13.2 Å². The predicted octanol–water partition coefficient (Wildman–Crippen LogP) is 1.29. The van der Waals surface area contributed by atoms with E-state index in [9.17, 15) is 22.8 Å². The zero-order chi connectivity index (χ0) is 24.0. The van der Waals surface area contributed by atoms with E-state index < -0.39 is 34.4 Å². The van der Waals surface area contributed by atoms with Crippen molar-refractivity contribution in [2.75, 3.05) is 32.9 Å². The lowest BCUT2D eigenvalue weighted by molar-refractivity contribution is -0.125. The highest BCUT2D eigenvalue weighted by Crippen LogP contribution is 2.24. The van der Waals surface area contributed by atoms with Gasteiger partial charge in [0.25, 0.3) is 11.8 Å². The maximum atomic E-state index is 12.8. The van der Waals surface area contributed by atoms with Gasteiger partial charge in [0.1, 0.15) is 0 Å². The van der Waals surface area contributed by atoms with E-state index in [-0.39, 0.29) is 41.8 Å². The van der Waals surface area contributed by atoms with Gasteiger partial charge in [-0.1, -0.05) is 29.3 Å². The van der Waals surface area contributed by atoms with E-state index in [1.165, 1.54) is 16.4 Å². The fourth-order valence-corrected chi connectivity index (χ4v) is 4.54. The fourth-order valence-electron chi connectivity index (χ4n) is 2.91. The molecule has 12 heteroatoms. The quantitative estimate of drug-likeness (QED) is 0.456. The first-order valence-electron chi connectivity index (χ1n) is 9.89. The average Bonchev–Trinajstić information content (AvgIpc) is 2.82. The summed E-state index contributed by atoms with van der Waals surface area (Å²) in [4.78, 5) is 36.2. The second kappa shape index (κ2) is 10.8. The Bertz CT molecular complexity index is 1150. The number of esters is 1. The van der Waals surface area contributed by atoms with Gasteiger partial charge in [-0.05, 0) is 37.3 Å². The van der Waals surface area contributed by atoms with Crippen LogP contribution in [0.5, 0.6) is 0 Å². The van der Waals surface area contributed by atoms with Gasteiger partial charge >= 0.3 is 5.97 Å². The summed E-state index contributed by atoms with van der Waals surface area (Å²) >= 11 is 6.04. The molecule has 1 saturated heterocycles. The van der Waals surface area contributed by atoms with E-state index in [2.05, 4.69) is 10.9 Å². The number of nitrogens with zero attached hydrogens (tertiary/aromatic N) is 1. The van der Waals surface area contributed by atoms with Gasteiger partial charge < -0.3 is 9.47 Å². The number of hydrogen-bond donors (Lipinski definition) is 2. The lowest BCUT2D eigenvalue weighted by atomic mass is 10.1. The minimum atomic E-state index is -3.85. The number of ether oxygens (including phenoxy) is 2. The molecule has 0 aliphatic carbocycles. The summed E-state index contributed by atoms with van der Waals surface area (Å²) in [6.07, 6.45) is 0. The monoisotopic (exact) mass is 495 g/mol. The number of halogens is 1. The van der Waals surface area contributed by atoms with E-state index in [1.54, 1.807) is 24.3 Å². The summed E-state index contributed by atoms with van der Waals surface area (Å²) in [5, 5.41) is -0.0333. The first kappa shape index (κ1) is 24.6. The lowest BCUT2D eigenvalue weighted by Crippen LogP contribution is -2.43. The van der Waals surface area contributed by atoms with Gasteiger partial charge in [-0.2, -0.15) is 4.31 Å². The molecule has 1 aliphatic heterocycles. The molecule has 1 fully saturated rings. The summed E-state index contributed by atoms with van der Waals surface area (Å²) in [6, 6.07) is 10.3. The Morgan fingerprint density at radius 3 is 2.39 bits per heavy atom. The molecule has 0 aromatic heterocycles. The number of aryl methyl sites for hydroxylation is 1. The number of benzene rings is 2. The van der Waals surface area contributed by atoms with Crippen LogP contribution in [-0.2, 0) is 24.3 Å². The number of carbonyl (C=O) groups is 3. The average molecular weight is 496 g/mol. The first-order chi connectivity index (χ1) is 15.7. The highest BCUT2D eigenvalue weighted by Gasteiger charge is 2.28. The van der Waals surface area contributed by atoms with Gasteiger partial charge in [0.05, 0.1) is 28.7 Å². The van der Waals surface area contributed by atoms with Gasteiger partial charge in [0.15, 0.2) is 6.61 Å². The van der Waals surface area contributed by atoms with Gasteiger partial charge in [-0.15, -0.1) is 0 Å². The normalized spacial score (nSPS) is 14.4. The molecule has 2 aromatic rings. The van der Waals surface area contributed by atoms with Crippen LogP contribution in [0.4, 0.5) is 0 Å². The van der Waals surface area contributed by atoms with Crippen LogP contribution in [0, 0.1) is 6.92 Å². The van der Waals surface area contributed by atoms with Crippen molar-refractivity contribution in [3.8, 4) is 0 Å². The van der Waals surface area contributed by atoms with Crippen molar-refractivity contribution in [2.45, 2.75) is 11.8 Å². The molecule has 1 aliphatic rings. The number of amides is 2. The van der Waals surface area contributed by atoms with Crippen molar-refractivity contribution >= 4 is 39.4 Å². The van der Waals surface area contributed by atoms with E-state index in [0.29, 0.717) is 5.56 Å². The molecule has 3 rings (SSSR count). The number of sulfonamides is 1. The minimum absolute atomic E-state index is 0.0333. The third-order valence-corrected chi connectivity index (χ3v) is 6.95. The Kier molecular flexibility index (Phi) is 8.03. The predicted molar refractivity (Wildman–Crippen MR) is 118 cm³/mol. The first-order valence-corrected chi connectivity index (χ1v) is 11.7. The van der Waals surface area contributed by atoms with Gasteiger partial charge in [-0.3, -0.25) is 20.4 Å². The number of nitrogens with one attached hydrogen (secondary N) is 2. The standard InChI is InChI=1S/C21H22ClN3O7S/c1-14-2-4-15(5-3-14)20(27)24-23-19(26)13-32-21(28)17-12-16(6-7-18(17)22)33(29,30)25-8-10-31-11-9-25/h2-7,12H,8-11,13H2,1H3,(H,23,26)(H,24,27). The summed E-state index contributed by atoms with van der Waals surface area (Å²) in [6.45, 7) is 2.09. The van der Waals surface area contributed by atoms with Gasteiger partial charge in [0.2, 0.25) is 10.0 Å². The topological polar surface area (TPSA) is 131 Å². The largest absolute Gasteiger partial charge is 0.452 e. The summed E-state index contributed by atoms with van der Waals surface area (Å²) < 4.78 is 36.9. The van der Waals surface area contributed by atoms with Crippen LogP contribution in [0.3, 0.4) is 0 Å². The molecule has 0 radical (unpaired) electrons. The fraction of sp³-hybridized carbons (Fsp3) is 0.286. The SMILES string of the molecule is Cc1ccc(C(=O)NNC(=O)COC(=O)c2cc(S(=O)(=O)N3CCOCC3)ccc2Cl)cc1. The molecular formula is C21H22ClN3O7S. The molecule has 2 aromatic carbocycles. The van der Waals surface area contributed by atoms with Crippen molar-refractivity contribution < 1.29 is 32.3 Å².